The lowest BCUT2D eigenvalue weighted by molar-refractivity contribution is 0.0370. The molecule has 2 nitrogen and oxygen atoms in total. The maximum absolute atomic E-state index is 5.23. The number of likely N-dealkylation sites (tertiary alicyclic amines) is 1. The normalized spacial score (nSPS) is 28.0. The van der Waals surface area contributed by atoms with Gasteiger partial charge in [0.1, 0.15) is 0 Å². The first-order valence-corrected chi connectivity index (χ1v) is 3.49. The van der Waals surface area contributed by atoms with E-state index in [1.807, 2.05) is 6.92 Å². The molecule has 1 aliphatic heterocycles. The highest BCUT2D eigenvalue weighted by molar-refractivity contribution is 4.81. The van der Waals surface area contributed by atoms with Gasteiger partial charge in [-0.1, -0.05) is 0 Å². The van der Waals surface area contributed by atoms with Gasteiger partial charge < -0.3 is 9.64 Å². The van der Waals surface area contributed by atoms with Crippen molar-refractivity contribution in [1.82, 2.24) is 4.90 Å². The lowest BCUT2D eigenvalue weighted by atomic mass is 10.1. The average Bonchev–Trinajstić information content (AvgIpc) is 1.86. The molecule has 0 bridgehead atoms. The molecule has 1 saturated heterocycles. The van der Waals surface area contributed by atoms with Crippen LogP contribution in [0.2, 0.25) is 0 Å². The van der Waals surface area contributed by atoms with Crippen LogP contribution >= 0.6 is 0 Å². The molecule has 0 aromatic rings. The van der Waals surface area contributed by atoms with Crippen LogP contribution in [0.1, 0.15) is 13.3 Å². The van der Waals surface area contributed by atoms with Gasteiger partial charge in [-0.25, -0.2) is 0 Å². The van der Waals surface area contributed by atoms with Crippen LogP contribution in [0.15, 0.2) is 0 Å². The summed E-state index contributed by atoms with van der Waals surface area (Å²) in [6, 6.07) is 0.602. The minimum absolute atomic E-state index is 0.602. The fourth-order valence-electron chi connectivity index (χ4n) is 0.937. The van der Waals surface area contributed by atoms with Crippen LogP contribution in [0.3, 0.4) is 0 Å². The van der Waals surface area contributed by atoms with E-state index >= 15 is 0 Å². The maximum Gasteiger partial charge on any atom is 0.0598 e. The van der Waals surface area contributed by atoms with E-state index in [4.69, 9.17) is 4.74 Å². The summed E-state index contributed by atoms with van der Waals surface area (Å²) >= 11 is 0. The van der Waals surface area contributed by atoms with Gasteiger partial charge in [0.05, 0.1) is 6.61 Å². The zero-order chi connectivity index (χ0) is 6.69. The van der Waals surface area contributed by atoms with Crippen LogP contribution in [0.4, 0.5) is 0 Å². The molecular weight excluding hydrogens is 114 g/mol. The summed E-state index contributed by atoms with van der Waals surface area (Å²) in [6.07, 6.45) is 1.25. The van der Waals surface area contributed by atoms with Crippen LogP contribution in [0.5, 0.6) is 0 Å². The van der Waals surface area contributed by atoms with Gasteiger partial charge in [-0.2, -0.15) is 0 Å². The minimum atomic E-state index is 0.602. The van der Waals surface area contributed by atoms with Crippen LogP contribution < -0.4 is 0 Å². The zero-order valence-corrected chi connectivity index (χ0v) is 5.97. The maximum atomic E-state index is 5.23. The van der Waals surface area contributed by atoms with Gasteiger partial charge in [0.2, 0.25) is 0 Å². The Labute approximate surface area is 56.8 Å². The first-order valence-electron chi connectivity index (χ1n) is 3.49. The van der Waals surface area contributed by atoms with E-state index in [0.29, 0.717) is 6.04 Å². The molecule has 2 heteroatoms. The molecule has 0 N–H and O–H groups in total. The van der Waals surface area contributed by atoms with Crippen molar-refractivity contribution in [2.75, 3.05) is 19.8 Å². The van der Waals surface area contributed by atoms with Gasteiger partial charge in [0, 0.05) is 12.6 Å². The second-order valence-electron chi connectivity index (χ2n) is 2.41. The molecule has 1 heterocycles. The molecule has 1 atom stereocenters. The summed E-state index contributed by atoms with van der Waals surface area (Å²) in [5, 5.41) is 0. The fourth-order valence-corrected chi connectivity index (χ4v) is 0.937. The van der Waals surface area contributed by atoms with Gasteiger partial charge in [-0.3, -0.25) is 7.05 Å². The van der Waals surface area contributed by atoms with E-state index in [2.05, 4.69) is 11.9 Å². The summed E-state index contributed by atoms with van der Waals surface area (Å²) < 4.78 is 5.23. The monoisotopic (exact) mass is 128 g/mol. The number of hydrogen-bond acceptors (Lipinski definition) is 2. The largest absolute Gasteiger partial charge is 0.455 e. The Morgan fingerprint density at radius 3 is 2.89 bits per heavy atom. The topological polar surface area (TPSA) is 12.5 Å². The highest BCUT2D eigenvalue weighted by atomic mass is 16.5. The Kier molecular flexibility index (Phi) is 2.49. The SMILES string of the molecule is [CH2-]N1CC[C@@H]1COCC. The second-order valence-corrected chi connectivity index (χ2v) is 2.41. The number of hydrogen-bond donors (Lipinski definition) is 0. The van der Waals surface area contributed by atoms with Gasteiger partial charge in [0.15, 0.2) is 0 Å². The predicted molar refractivity (Wildman–Crippen MR) is 37.0 cm³/mol. The molecule has 9 heavy (non-hydrogen) atoms. The van der Waals surface area contributed by atoms with Gasteiger partial charge in [-0.15, -0.1) is 0 Å². The van der Waals surface area contributed by atoms with Crippen LogP contribution in [0, 0.1) is 7.05 Å². The molecule has 0 aromatic carbocycles. The molecule has 0 spiro atoms. The van der Waals surface area contributed by atoms with Crippen molar-refractivity contribution < 1.29 is 4.74 Å². The van der Waals surface area contributed by atoms with E-state index in [1.54, 1.807) is 0 Å². The lowest BCUT2D eigenvalue weighted by Gasteiger charge is -2.44. The Morgan fingerprint density at radius 2 is 2.56 bits per heavy atom. The van der Waals surface area contributed by atoms with E-state index in [9.17, 15) is 0 Å². The van der Waals surface area contributed by atoms with Gasteiger partial charge in [-0.05, 0) is 19.9 Å². The third kappa shape index (κ3) is 1.66. The fraction of sp³-hybridized carbons (Fsp3) is 0.857. The van der Waals surface area contributed by atoms with E-state index in [-0.39, 0.29) is 0 Å². The van der Waals surface area contributed by atoms with E-state index < -0.39 is 0 Å². The summed E-state index contributed by atoms with van der Waals surface area (Å²) in [5.41, 5.74) is 0. The third-order valence-corrected chi connectivity index (χ3v) is 1.78. The molecular formula is C7H14NO-. The summed E-state index contributed by atoms with van der Waals surface area (Å²) in [5.74, 6) is 0. The number of ether oxygens (including phenoxy) is 1. The Morgan fingerprint density at radius 1 is 1.78 bits per heavy atom. The third-order valence-electron chi connectivity index (χ3n) is 1.78. The molecule has 54 valence electrons. The number of nitrogens with zero attached hydrogens (tertiary/aromatic N) is 1. The molecule has 0 aliphatic carbocycles. The predicted octanol–water partition coefficient (Wildman–Crippen LogP) is 0.889. The summed E-state index contributed by atoms with van der Waals surface area (Å²) in [4.78, 5) is 2.08. The van der Waals surface area contributed by atoms with Crippen molar-refractivity contribution >= 4 is 0 Å². The molecule has 0 saturated carbocycles. The molecule has 0 aromatic heterocycles. The van der Waals surface area contributed by atoms with Crippen LogP contribution in [0.25, 0.3) is 0 Å². The molecule has 0 amide bonds. The van der Waals surface area contributed by atoms with Crippen molar-refractivity contribution in [2.24, 2.45) is 0 Å². The average molecular weight is 128 g/mol. The molecule has 0 unspecified atom stereocenters. The van der Waals surface area contributed by atoms with Crippen molar-refractivity contribution in [3.63, 3.8) is 0 Å². The van der Waals surface area contributed by atoms with Crippen LogP contribution in [-0.2, 0) is 4.74 Å². The molecule has 1 fully saturated rings. The second kappa shape index (κ2) is 3.18. The highest BCUT2D eigenvalue weighted by Gasteiger charge is 2.17. The van der Waals surface area contributed by atoms with E-state index in [1.165, 1.54) is 6.42 Å². The summed E-state index contributed by atoms with van der Waals surface area (Å²) in [6.45, 7) is 4.84. The van der Waals surface area contributed by atoms with Crippen molar-refractivity contribution in [1.29, 1.82) is 0 Å². The van der Waals surface area contributed by atoms with E-state index in [0.717, 1.165) is 19.8 Å². The van der Waals surface area contributed by atoms with Gasteiger partial charge >= 0.3 is 0 Å². The molecule has 1 rings (SSSR count). The standard InChI is InChI=1S/C7H14NO/c1-3-9-6-7-4-5-8(7)2/h7H,2-6H2,1H3/q-1/t7-/m1/s1. The van der Waals surface area contributed by atoms with Crippen molar-refractivity contribution in [3.05, 3.63) is 7.05 Å². The number of rotatable bonds is 3. The van der Waals surface area contributed by atoms with Crippen molar-refractivity contribution in [2.45, 2.75) is 19.4 Å². The lowest BCUT2D eigenvalue weighted by Crippen LogP contribution is -2.45. The molecule has 1 aliphatic rings. The van der Waals surface area contributed by atoms with Crippen molar-refractivity contribution in [3.8, 4) is 0 Å². The first kappa shape index (κ1) is 7.03. The minimum Gasteiger partial charge on any atom is -0.455 e. The van der Waals surface area contributed by atoms with Crippen LogP contribution in [-0.4, -0.2) is 30.7 Å². The quantitative estimate of drug-likeness (QED) is 0.523. The van der Waals surface area contributed by atoms with Gasteiger partial charge in [0.25, 0.3) is 0 Å². The molecule has 0 radical (unpaired) electrons. The Hall–Kier alpha value is -0.0800. The summed E-state index contributed by atoms with van der Waals surface area (Å²) in [7, 11) is 3.83. The smallest absolute Gasteiger partial charge is 0.0598 e. The first-order chi connectivity index (χ1) is 4.34. The Bertz CT molecular complexity index is 85.0. The Balaban J connectivity index is 1.99. The highest BCUT2D eigenvalue weighted by Crippen LogP contribution is 2.14. The zero-order valence-electron chi connectivity index (χ0n) is 5.97.